The molecule has 0 amide bonds. The van der Waals surface area contributed by atoms with Crippen molar-refractivity contribution in [3.8, 4) is 5.75 Å². The van der Waals surface area contributed by atoms with E-state index in [4.69, 9.17) is 4.74 Å². The number of nitrogens with zero attached hydrogens (tertiary/aromatic N) is 5. The summed E-state index contributed by atoms with van der Waals surface area (Å²) in [7, 11) is 1.82. The minimum atomic E-state index is 0.252. The Labute approximate surface area is 158 Å². The number of nitrogens with one attached hydrogen (secondary N) is 1. The van der Waals surface area contributed by atoms with E-state index in [1.807, 2.05) is 66.2 Å². The zero-order valence-electron chi connectivity index (χ0n) is 15.5. The summed E-state index contributed by atoms with van der Waals surface area (Å²) in [5.41, 5.74) is 0.850. The molecule has 0 unspecified atom stereocenters. The number of piperidine rings is 1. The molecule has 0 spiro atoms. The molecular formula is C20H24N6O. The van der Waals surface area contributed by atoms with Crippen LogP contribution in [0, 0.1) is 0 Å². The Bertz CT molecular complexity index is 899. The lowest BCUT2D eigenvalue weighted by atomic mass is 10.1. The van der Waals surface area contributed by atoms with Gasteiger partial charge in [0.25, 0.3) is 0 Å². The maximum absolute atomic E-state index is 6.08. The first kappa shape index (κ1) is 17.3. The fourth-order valence-corrected chi connectivity index (χ4v) is 3.38. The largest absolute Gasteiger partial charge is 0.490 e. The Kier molecular flexibility index (Phi) is 5.18. The second-order valence-corrected chi connectivity index (χ2v) is 6.56. The van der Waals surface area contributed by atoms with Crippen LogP contribution in [0.15, 0.2) is 59.7 Å². The van der Waals surface area contributed by atoms with Gasteiger partial charge in [-0.25, -0.2) is 0 Å². The predicted molar refractivity (Wildman–Crippen MR) is 105 cm³/mol. The minimum Gasteiger partial charge on any atom is -0.490 e. The molecule has 3 heterocycles. The van der Waals surface area contributed by atoms with Gasteiger partial charge in [-0.3, -0.25) is 9.39 Å². The molecule has 4 rings (SSSR count). The average molecular weight is 364 g/mol. The molecule has 0 bridgehead atoms. The Morgan fingerprint density at radius 3 is 2.67 bits per heavy atom. The first-order valence-corrected chi connectivity index (χ1v) is 9.29. The third-order valence-corrected chi connectivity index (χ3v) is 4.79. The highest BCUT2D eigenvalue weighted by Crippen LogP contribution is 2.18. The lowest BCUT2D eigenvalue weighted by Crippen LogP contribution is -2.47. The van der Waals surface area contributed by atoms with E-state index in [9.17, 15) is 0 Å². The van der Waals surface area contributed by atoms with Gasteiger partial charge in [0.15, 0.2) is 17.4 Å². The number of hydrogen-bond donors (Lipinski definition) is 1. The van der Waals surface area contributed by atoms with Gasteiger partial charge in [0.2, 0.25) is 0 Å². The highest BCUT2D eigenvalue weighted by Gasteiger charge is 2.22. The van der Waals surface area contributed by atoms with Gasteiger partial charge in [0.1, 0.15) is 11.9 Å². The number of pyridine rings is 1. The van der Waals surface area contributed by atoms with Crippen LogP contribution < -0.4 is 10.1 Å². The summed E-state index contributed by atoms with van der Waals surface area (Å²) in [5.74, 6) is 2.70. The normalized spacial score (nSPS) is 15.9. The van der Waals surface area contributed by atoms with Gasteiger partial charge in [0.05, 0.1) is 6.54 Å². The van der Waals surface area contributed by atoms with Crippen LogP contribution in [0.3, 0.4) is 0 Å². The molecule has 1 aromatic carbocycles. The summed E-state index contributed by atoms with van der Waals surface area (Å²) in [6.45, 7) is 2.41. The summed E-state index contributed by atoms with van der Waals surface area (Å²) in [4.78, 5) is 6.71. The van der Waals surface area contributed by atoms with E-state index < -0.39 is 0 Å². The smallest absolute Gasteiger partial charge is 0.194 e. The first-order valence-electron chi connectivity index (χ1n) is 9.29. The number of benzene rings is 1. The van der Waals surface area contributed by atoms with E-state index in [-0.39, 0.29) is 6.10 Å². The Hall–Kier alpha value is -3.09. The van der Waals surface area contributed by atoms with E-state index in [2.05, 4.69) is 25.4 Å². The SMILES string of the molecule is CN=C(NCc1nnc2ccccn12)N1CCC(Oc2ccccc2)CC1. The molecule has 2 aromatic heterocycles. The molecule has 0 aliphatic carbocycles. The van der Waals surface area contributed by atoms with Gasteiger partial charge >= 0.3 is 0 Å². The van der Waals surface area contributed by atoms with Gasteiger partial charge in [-0.2, -0.15) is 0 Å². The number of hydrogen-bond acceptors (Lipinski definition) is 4. The van der Waals surface area contributed by atoms with Gasteiger partial charge in [-0.15, -0.1) is 10.2 Å². The first-order chi connectivity index (χ1) is 13.3. The lowest BCUT2D eigenvalue weighted by Gasteiger charge is -2.34. The van der Waals surface area contributed by atoms with Crippen LogP contribution in [0.4, 0.5) is 0 Å². The van der Waals surface area contributed by atoms with Crippen molar-refractivity contribution >= 4 is 11.6 Å². The van der Waals surface area contributed by atoms with Crippen molar-refractivity contribution < 1.29 is 4.74 Å². The predicted octanol–water partition coefficient (Wildman–Crippen LogP) is 2.35. The number of para-hydroxylation sites is 1. The Morgan fingerprint density at radius 1 is 1.11 bits per heavy atom. The third-order valence-electron chi connectivity index (χ3n) is 4.79. The fourth-order valence-electron chi connectivity index (χ4n) is 3.38. The quantitative estimate of drug-likeness (QED) is 0.569. The maximum atomic E-state index is 6.08. The summed E-state index contributed by atoms with van der Waals surface area (Å²) >= 11 is 0. The molecule has 3 aromatic rings. The number of aromatic nitrogens is 3. The van der Waals surface area contributed by atoms with E-state index in [1.54, 1.807) is 0 Å². The van der Waals surface area contributed by atoms with Crippen LogP contribution in [0.2, 0.25) is 0 Å². The van der Waals surface area contributed by atoms with Crippen molar-refractivity contribution in [1.82, 2.24) is 24.8 Å². The molecule has 27 heavy (non-hydrogen) atoms. The van der Waals surface area contributed by atoms with E-state index in [1.165, 1.54) is 0 Å². The topological polar surface area (TPSA) is 67.0 Å². The molecule has 1 saturated heterocycles. The molecule has 0 atom stereocenters. The van der Waals surface area contributed by atoms with Gasteiger partial charge in [-0.05, 0) is 24.3 Å². The third kappa shape index (κ3) is 4.02. The molecule has 1 N–H and O–H groups in total. The lowest BCUT2D eigenvalue weighted by molar-refractivity contribution is 0.129. The van der Waals surface area contributed by atoms with Gasteiger partial charge < -0.3 is 15.0 Å². The molecule has 0 saturated carbocycles. The van der Waals surface area contributed by atoms with Crippen LogP contribution in [0.25, 0.3) is 5.65 Å². The second-order valence-electron chi connectivity index (χ2n) is 6.56. The van der Waals surface area contributed by atoms with Crippen LogP contribution in [0.1, 0.15) is 18.7 Å². The standard InChI is InChI=1S/C20H24N6O/c1-21-20(22-15-19-24-23-18-9-5-6-12-26(18)19)25-13-10-17(11-14-25)27-16-7-3-2-4-8-16/h2-9,12,17H,10-11,13-15H2,1H3,(H,21,22). The number of ether oxygens (including phenoxy) is 1. The van der Waals surface area contributed by atoms with Crippen LogP contribution >= 0.6 is 0 Å². The molecule has 1 aliphatic heterocycles. The Morgan fingerprint density at radius 2 is 1.89 bits per heavy atom. The average Bonchev–Trinajstić information content (AvgIpc) is 3.14. The number of fused-ring (bicyclic) bond motifs is 1. The number of guanidine groups is 1. The van der Waals surface area contributed by atoms with E-state index in [0.29, 0.717) is 6.54 Å². The summed E-state index contributed by atoms with van der Waals surface area (Å²) in [5, 5.41) is 11.9. The summed E-state index contributed by atoms with van der Waals surface area (Å²) in [6.07, 6.45) is 4.18. The molecular weight excluding hydrogens is 340 g/mol. The molecule has 1 aliphatic rings. The molecule has 0 radical (unpaired) electrons. The summed E-state index contributed by atoms with van der Waals surface area (Å²) in [6, 6.07) is 15.9. The molecule has 140 valence electrons. The van der Waals surface area contributed by atoms with Crippen molar-refractivity contribution in [3.63, 3.8) is 0 Å². The summed E-state index contributed by atoms with van der Waals surface area (Å²) < 4.78 is 8.06. The highest BCUT2D eigenvalue weighted by molar-refractivity contribution is 5.79. The van der Waals surface area contributed by atoms with Crippen molar-refractivity contribution in [2.75, 3.05) is 20.1 Å². The van der Waals surface area contributed by atoms with E-state index in [0.717, 1.165) is 49.1 Å². The minimum absolute atomic E-state index is 0.252. The zero-order chi connectivity index (χ0) is 18.5. The van der Waals surface area contributed by atoms with Gasteiger partial charge in [-0.1, -0.05) is 24.3 Å². The molecule has 7 heteroatoms. The molecule has 7 nitrogen and oxygen atoms in total. The van der Waals surface area contributed by atoms with Crippen molar-refractivity contribution in [2.45, 2.75) is 25.5 Å². The number of likely N-dealkylation sites (tertiary alicyclic amines) is 1. The van der Waals surface area contributed by atoms with Crippen molar-refractivity contribution in [3.05, 3.63) is 60.6 Å². The number of rotatable bonds is 4. The maximum Gasteiger partial charge on any atom is 0.194 e. The van der Waals surface area contributed by atoms with Crippen molar-refractivity contribution in [1.29, 1.82) is 0 Å². The monoisotopic (exact) mass is 364 g/mol. The van der Waals surface area contributed by atoms with Crippen molar-refractivity contribution in [2.24, 2.45) is 4.99 Å². The van der Waals surface area contributed by atoms with Gasteiger partial charge in [0, 0.05) is 39.2 Å². The zero-order valence-corrected chi connectivity index (χ0v) is 15.5. The van der Waals surface area contributed by atoms with Crippen LogP contribution in [-0.4, -0.2) is 51.7 Å². The second kappa shape index (κ2) is 8.07. The van der Waals surface area contributed by atoms with Crippen LogP contribution in [-0.2, 0) is 6.54 Å². The van der Waals surface area contributed by atoms with E-state index >= 15 is 0 Å². The van der Waals surface area contributed by atoms with Crippen LogP contribution in [0.5, 0.6) is 5.75 Å². The Balaban J connectivity index is 1.31. The number of aliphatic imine (C=N–C) groups is 1. The fraction of sp³-hybridized carbons (Fsp3) is 0.350. The highest BCUT2D eigenvalue weighted by atomic mass is 16.5. The molecule has 1 fully saturated rings.